The molecule has 0 spiro atoms. The molecule has 19 heavy (non-hydrogen) atoms. The average Bonchev–Trinajstić information content (AvgIpc) is 2.38. The van der Waals surface area contributed by atoms with Crippen molar-refractivity contribution in [2.24, 2.45) is 0 Å². The zero-order valence-corrected chi connectivity index (χ0v) is 10.7. The molecule has 0 N–H and O–H groups in total. The van der Waals surface area contributed by atoms with Crippen LogP contribution in [0, 0.1) is 13.8 Å². The van der Waals surface area contributed by atoms with Gasteiger partial charge in [-0.3, -0.25) is 4.79 Å². The van der Waals surface area contributed by atoms with Gasteiger partial charge < -0.3 is 0 Å². The fourth-order valence-corrected chi connectivity index (χ4v) is 2.04. The standard InChI is InChI=1S/C14H12N4O/c1-9-7-10(2)17-14(16-9)18-13(19)12-6-4-3-5-11(12)8-15-18/h3-8H,1-2H3. The van der Waals surface area contributed by atoms with Crippen LogP contribution in [0.15, 0.2) is 41.3 Å². The van der Waals surface area contributed by atoms with E-state index in [2.05, 4.69) is 15.1 Å². The zero-order chi connectivity index (χ0) is 13.4. The third kappa shape index (κ3) is 1.99. The van der Waals surface area contributed by atoms with Gasteiger partial charge >= 0.3 is 0 Å². The Bertz CT molecular complexity index is 803. The van der Waals surface area contributed by atoms with Crippen molar-refractivity contribution in [2.45, 2.75) is 13.8 Å². The first-order chi connectivity index (χ1) is 9.15. The smallest absolute Gasteiger partial charge is 0.267 e. The second kappa shape index (κ2) is 4.28. The number of aromatic nitrogens is 4. The highest BCUT2D eigenvalue weighted by Crippen LogP contribution is 2.08. The zero-order valence-electron chi connectivity index (χ0n) is 10.7. The molecule has 0 aliphatic rings. The molecule has 3 aromatic rings. The Hall–Kier alpha value is -2.56. The summed E-state index contributed by atoms with van der Waals surface area (Å²) >= 11 is 0. The van der Waals surface area contributed by atoms with E-state index in [-0.39, 0.29) is 5.56 Å². The number of rotatable bonds is 1. The summed E-state index contributed by atoms with van der Waals surface area (Å²) in [4.78, 5) is 20.9. The highest BCUT2D eigenvalue weighted by Gasteiger charge is 2.08. The van der Waals surface area contributed by atoms with Crippen molar-refractivity contribution in [1.82, 2.24) is 19.7 Å². The fourth-order valence-electron chi connectivity index (χ4n) is 2.04. The van der Waals surface area contributed by atoms with Crippen molar-refractivity contribution < 1.29 is 0 Å². The maximum atomic E-state index is 12.4. The van der Waals surface area contributed by atoms with Crippen LogP contribution in [-0.2, 0) is 0 Å². The van der Waals surface area contributed by atoms with Gasteiger partial charge in [-0.05, 0) is 26.0 Å². The van der Waals surface area contributed by atoms with Gasteiger partial charge in [-0.15, -0.1) is 0 Å². The van der Waals surface area contributed by atoms with Gasteiger partial charge in [0, 0.05) is 16.8 Å². The van der Waals surface area contributed by atoms with Crippen LogP contribution >= 0.6 is 0 Å². The van der Waals surface area contributed by atoms with Crippen molar-refractivity contribution >= 4 is 10.8 Å². The maximum Gasteiger partial charge on any atom is 0.282 e. The van der Waals surface area contributed by atoms with Crippen molar-refractivity contribution in [1.29, 1.82) is 0 Å². The predicted molar refractivity (Wildman–Crippen MR) is 72.4 cm³/mol. The predicted octanol–water partition coefficient (Wildman–Crippen LogP) is 1.79. The van der Waals surface area contributed by atoms with Gasteiger partial charge in [-0.25, -0.2) is 9.97 Å². The molecular weight excluding hydrogens is 240 g/mol. The van der Waals surface area contributed by atoms with Gasteiger partial charge in [-0.2, -0.15) is 9.78 Å². The summed E-state index contributed by atoms with van der Waals surface area (Å²) in [6.45, 7) is 3.73. The van der Waals surface area contributed by atoms with Crippen molar-refractivity contribution in [3.05, 3.63) is 58.3 Å². The van der Waals surface area contributed by atoms with E-state index in [4.69, 9.17) is 0 Å². The molecule has 1 aromatic carbocycles. The molecule has 0 atom stereocenters. The number of benzene rings is 1. The number of hydrogen-bond acceptors (Lipinski definition) is 4. The lowest BCUT2D eigenvalue weighted by atomic mass is 10.2. The van der Waals surface area contributed by atoms with Gasteiger partial charge in [0.2, 0.25) is 0 Å². The first-order valence-corrected chi connectivity index (χ1v) is 5.95. The van der Waals surface area contributed by atoms with Gasteiger partial charge in [0.25, 0.3) is 11.5 Å². The lowest BCUT2D eigenvalue weighted by Crippen LogP contribution is -2.23. The van der Waals surface area contributed by atoms with E-state index >= 15 is 0 Å². The number of aryl methyl sites for hydroxylation is 2. The quantitative estimate of drug-likeness (QED) is 0.662. The van der Waals surface area contributed by atoms with Crippen LogP contribution in [-0.4, -0.2) is 19.7 Å². The van der Waals surface area contributed by atoms with E-state index < -0.39 is 0 Å². The third-order valence-electron chi connectivity index (χ3n) is 2.86. The molecule has 2 aromatic heterocycles. The molecule has 5 nitrogen and oxygen atoms in total. The molecule has 94 valence electrons. The van der Waals surface area contributed by atoms with Crippen molar-refractivity contribution in [2.75, 3.05) is 0 Å². The number of hydrogen-bond donors (Lipinski definition) is 0. The molecule has 3 rings (SSSR count). The van der Waals surface area contributed by atoms with E-state index in [9.17, 15) is 4.79 Å². The summed E-state index contributed by atoms with van der Waals surface area (Å²) in [6, 6.07) is 9.20. The van der Waals surface area contributed by atoms with Gasteiger partial charge in [-0.1, -0.05) is 18.2 Å². The highest BCUT2D eigenvalue weighted by molar-refractivity contribution is 5.80. The molecule has 0 bridgehead atoms. The normalized spacial score (nSPS) is 10.8. The molecule has 0 radical (unpaired) electrons. The second-order valence-electron chi connectivity index (χ2n) is 4.40. The summed E-state index contributed by atoms with van der Waals surface area (Å²) in [6.07, 6.45) is 1.65. The molecule has 2 heterocycles. The van der Waals surface area contributed by atoms with Crippen molar-refractivity contribution in [3.8, 4) is 5.95 Å². The first-order valence-electron chi connectivity index (χ1n) is 5.95. The number of nitrogens with zero attached hydrogens (tertiary/aromatic N) is 4. The van der Waals surface area contributed by atoms with Crippen LogP contribution in [0.1, 0.15) is 11.4 Å². The third-order valence-corrected chi connectivity index (χ3v) is 2.86. The van der Waals surface area contributed by atoms with E-state index in [0.29, 0.717) is 11.3 Å². The Morgan fingerprint density at radius 3 is 2.47 bits per heavy atom. The van der Waals surface area contributed by atoms with Crippen molar-refractivity contribution in [3.63, 3.8) is 0 Å². The Morgan fingerprint density at radius 2 is 1.74 bits per heavy atom. The summed E-state index contributed by atoms with van der Waals surface area (Å²) in [5.41, 5.74) is 1.41. The first kappa shape index (κ1) is 11.5. The van der Waals surface area contributed by atoms with Crippen LogP contribution in [0.2, 0.25) is 0 Å². The molecule has 0 amide bonds. The largest absolute Gasteiger partial charge is 0.282 e. The maximum absolute atomic E-state index is 12.4. The lowest BCUT2D eigenvalue weighted by molar-refractivity contribution is 0.752. The highest BCUT2D eigenvalue weighted by atomic mass is 16.1. The Labute approximate surface area is 109 Å². The van der Waals surface area contributed by atoms with Crippen LogP contribution < -0.4 is 5.56 Å². The van der Waals surface area contributed by atoms with E-state index in [1.54, 1.807) is 12.3 Å². The van der Waals surface area contributed by atoms with E-state index in [1.807, 2.05) is 38.1 Å². The molecule has 0 aliphatic heterocycles. The molecule has 0 aliphatic carbocycles. The van der Waals surface area contributed by atoms with E-state index in [0.717, 1.165) is 16.8 Å². The molecule has 0 saturated heterocycles. The SMILES string of the molecule is Cc1cc(C)nc(-n2ncc3ccccc3c2=O)n1. The molecular formula is C14H12N4O. The number of fused-ring (bicyclic) bond motifs is 1. The summed E-state index contributed by atoms with van der Waals surface area (Å²) < 4.78 is 1.24. The summed E-state index contributed by atoms with van der Waals surface area (Å²) in [5, 5.41) is 5.56. The summed E-state index contributed by atoms with van der Waals surface area (Å²) in [7, 11) is 0. The van der Waals surface area contributed by atoms with Gasteiger partial charge in [0.15, 0.2) is 0 Å². The minimum absolute atomic E-state index is 0.205. The average molecular weight is 252 g/mol. The Morgan fingerprint density at radius 1 is 1.05 bits per heavy atom. The summed E-state index contributed by atoms with van der Waals surface area (Å²) in [5.74, 6) is 0.313. The molecule has 5 heteroatoms. The van der Waals surface area contributed by atoms with Crippen LogP contribution in [0.25, 0.3) is 16.7 Å². The molecule has 0 unspecified atom stereocenters. The van der Waals surface area contributed by atoms with E-state index in [1.165, 1.54) is 4.68 Å². The second-order valence-corrected chi connectivity index (χ2v) is 4.40. The minimum atomic E-state index is -0.205. The van der Waals surface area contributed by atoms with Crippen LogP contribution in [0.5, 0.6) is 0 Å². The Kier molecular flexibility index (Phi) is 2.59. The monoisotopic (exact) mass is 252 g/mol. The minimum Gasteiger partial charge on any atom is -0.267 e. The lowest BCUT2D eigenvalue weighted by Gasteiger charge is -2.05. The molecule has 0 fully saturated rings. The molecule has 0 saturated carbocycles. The van der Waals surface area contributed by atoms with Crippen LogP contribution in [0.3, 0.4) is 0 Å². The fraction of sp³-hybridized carbons (Fsp3) is 0.143. The topological polar surface area (TPSA) is 60.7 Å². The Balaban J connectivity index is 2.31. The van der Waals surface area contributed by atoms with Crippen LogP contribution in [0.4, 0.5) is 0 Å². The van der Waals surface area contributed by atoms with Gasteiger partial charge in [0.05, 0.1) is 11.6 Å². The van der Waals surface area contributed by atoms with Gasteiger partial charge in [0.1, 0.15) is 0 Å².